The summed E-state index contributed by atoms with van der Waals surface area (Å²) >= 11 is 0. The molecule has 1 aliphatic rings. The summed E-state index contributed by atoms with van der Waals surface area (Å²) in [5.74, 6) is -0.759. The molecular formula is C7H12O4. The molecule has 4 nitrogen and oxygen atoms in total. The molecule has 1 aliphatic heterocycles. The second kappa shape index (κ2) is 2.89. The van der Waals surface area contributed by atoms with E-state index in [-0.39, 0.29) is 6.61 Å². The maximum Gasteiger partial charge on any atom is 0.163 e. The number of aldehydes is 1. The van der Waals surface area contributed by atoms with Gasteiger partial charge in [0.25, 0.3) is 0 Å². The summed E-state index contributed by atoms with van der Waals surface area (Å²) in [5, 5.41) is 9.12. The molecule has 2 atom stereocenters. The number of carbonyl (C=O) groups excluding carboxylic acids is 1. The fraction of sp³-hybridized carbons (Fsp3) is 0.857. The Kier molecular flexibility index (Phi) is 2.27. The lowest BCUT2D eigenvalue weighted by molar-refractivity contribution is -0.293. The summed E-state index contributed by atoms with van der Waals surface area (Å²) < 4.78 is 10.2. The van der Waals surface area contributed by atoms with E-state index in [0.29, 0.717) is 6.29 Å². The van der Waals surface area contributed by atoms with E-state index in [4.69, 9.17) is 14.6 Å². The van der Waals surface area contributed by atoms with Crippen molar-refractivity contribution in [1.82, 2.24) is 0 Å². The standard InChI is InChI=1S/C7H12O4/c1-7(2)10-4-5(9)6(3-8)11-7/h3,5-6,9H,4H2,1-2H3/t5-,6+/m1/s1. The number of hydrogen-bond acceptors (Lipinski definition) is 4. The van der Waals surface area contributed by atoms with Crippen molar-refractivity contribution in [2.24, 2.45) is 0 Å². The molecule has 0 bridgehead atoms. The third kappa shape index (κ3) is 1.99. The molecule has 64 valence electrons. The van der Waals surface area contributed by atoms with Gasteiger partial charge in [-0.2, -0.15) is 0 Å². The fourth-order valence-electron chi connectivity index (χ4n) is 0.940. The average Bonchev–Trinajstić information content (AvgIpc) is 1.94. The number of ether oxygens (including phenoxy) is 2. The summed E-state index contributed by atoms with van der Waals surface area (Å²) in [6.45, 7) is 3.56. The fourth-order valence-corrected chi connectivity index (χ4v) is 0.940. The monoisotopic (exact) mass is 160 g/mol. The average molecular weight is 160 g/mol. The van der Waals surface area contributed by atoms with E-state index in [0.717, 1.165) is 0 Å². The molecular weight excluding hydrogens is 148 g/mol. The van der Waals surface area contributed by atoms with Gasteiger partial charge in [0.2, 0.25) is 0 Å². The van der Waals surface area contributed by atoms with Gasteiger partial charge in [0.15, 0.2) is 12.1 Å². The van der Waals surface area contributed by atoms with Crippen molar-refractivity contribution in [3.63, 3.8) is 0 Å². The number of carbonyl (C=O) groups is 1. The quantitative estimate of drug-likeness (QED) is 0.535. The molecule has 1 heterocycles. The predicted octanol–water partition coefficient (Wildman–Crippen LogP) is -0.302. The van der Waals surface area contributed by atoms with Crippen LogP contribution in [0.4, 0.5) is 0 Å². The van der Waals surface area contributed by atoms with Gasteiger partial charge in [-0.15, -0.1) is 0 Å². The van der Waals surface area contributed by atoms with Crippen molar-refractivity contribution in [3.05, 3.63) is 0 Å². The zero-order valence-corrected chi connectivity index (χ0v) is 6.61. The largest absolute Gasteiger partial charge is 0.388 e. The first-order valence-corrected chi connectivity index (χ1v) is 3.50. The molecule has 1 N–H and O–H groups in total. The summed E-state index contributed by atoms with van der Waals surface area (Å²) in [7, 11) is 0. The summed E-state index contributed by atoms with van der Waals surface area (Å²) in [6, 6.07) is 0. The molecule has 0 aromatic rings. The summed E-state index contributed by atoms with van der Waals surface area (Å²) in [6.07, 6.45) is -0.992. The van der Waals surface area contributed by atoms with Crippen LogP contribution >= 0.6 is 0 Å². The van der Waals surface area contributed by atoms with Crippen LogP contribution in [0.3, 0.4) is 0 Å². The molecule has 1 fully saturated rings. The number of aliphatic hydroxyl groups excluding tert-OH is 1. The maximum absolute atomic E-state index is 10.3. The maximum atomic E-state index is 10.3. The Labute approximate surface area is 65.1 Å². The predicted molar refractivity (Wildman–Crippen MR) is 37.0 cm³/mol. The van der Waals surface area contributed by atoms with E-state index in [2.05, 4.69) is 0 Å². The Morgan fingerprint density at radius 2 is 2.27 bits per heavy atom. The topological polar surface area (TPSA) is 55.8 Å². The number of rotatable bonds is 1. The van der Waals surface area contributed by atoms with E-state index in [1.807, 2.05) is 0 Å². The Bertz CT molecular complexity index is 155. The SMILES string of the molecule is CC1(C)OC[C@@H](O)[C@H](C=O)O1. The first kappa shape index (κ1) is 8.64. The molecule has 0 unspecified atom stereocenters. The van der Waals surface area contributed by atoms with Crippen LogP contribution in [0, 0.1) is 0 Å². The van der Waals surface area contributed by atoms with Crippen molar-refractivity contribution in [2.75, 3.05) is 6.61 Å². The van der Waals surface area contributed by atoms with Gasteiger partial charge in [-0.25, -0.2) is 0 Å². The minimum atomic E-state index is -0.833. The van der Waals surface area contributed by atoms with Gasteiger partial charge < -0.3 is 19.4 Å². The van der Waals surface area contributed by atoms with E-state index in [9.17, 15) is 4.79 Å². The molecule has 11 heavy (non-hydrogen) atoms. The third-order valence-corrected chi connectivity index (χ3v) is 1.53. The second-order valence-corrected chi connectivity index (χ2v) is 3.00. The molecule has 4 heteroatoms. The van der Waals surface area contributed by atoms with Gasteiger partial charge in [0, 0.05) is 0 Å². The van der Waals surface area contributed by atoms with Crippen molar-refractivity contribution < 1.29 is 19.4 Å². The van der Waals surface area contributed by atoms with E-state index >= 15 is 0 Å². The van der Waals surface area contributed by atoms with E-state index in [1.165, 1.54) is 0 Å². The lowest BCUT2D eigenvalue weighted by Crippen LogP contribution is -2.49. The molecule has 1 rings (SSSR count). The Hall–Kier alpha value is -0.450. The first-order chi connectivity index (χ1) is 5.05. The number of hydrogen-bond donors (Lipinski definition) is 1. The highest BCUT2D eigenvalue weighted by Crippen LogP contribution is 2.20. The number of aliphatic hydroxyl groups is 1. The molecule has 0 amide bonds. The molecule has 1 saturated heterocycles. The highest BCUT2D eigenvalue weighted by molar-refractivity contribution is 5.57. The Balaban J connectivity index is 2.58. The molecule has 0 spiro atoms. The van der Waals surface area contributed by atoms with Crippen LogP contribution in [-0.2, 0) is 14.3 Å². The van der Waals surface area contributed by atoms with Crippen molar-refractivity contribution in [1.29, 1.82) is 0 Å². The Morgan fingerprint density at radius 3 is 2.73 bits per heavy atom. The van der Waals surface area contributed by atoms with Gasteiger partial charge >= 0.3 is 0 Å². The summed E-state index contributed by atoms with van der Waals surface area (Å²) in [4.78, 5) is 10.3. The molecule has 0 radical (unpaired) electrons. The molecule has 0 aliphatic carbocycles. The van der Waals surface area contributed by atoms with E-state index < -0.39 is 18.0 Å². The first-order valence-electron chi connectivity index (χ1n) is 3.50. The zero-order chi connectivity index (χ0) is 8.48. The van der Waals surface area contributed by atoms with Crippen LogP contribution in [0.2, 0.25) is 0 Å². The van der Waals surface area contributed by atoms with Gasteiger partial charge in [-0.05, 0) is 13.8 Å². The molecule has 0 aromatic heterocycles. The minimum Gasteiger partial charge on any atom is -0.388 e. The highest BCUT2D eigenvalue weighted by Gasteiger charge is 2.35. The van der Waals surface area contributed by atoms with Gasteiger partial charge in [0.1, 0.15) is 12.2 Å². The van der Waals surface area contributed by atoms with Crippen LogP contribution in [0.15, 0.2) is 0 Å². The van der Waals surface area contributed by atoms with Crippen LogP contribution in [-0.4, -0.2) is 36.0 Å². The lowest BCUT2D eigenvalue weighted by atomic mass is 10.2. The normalized spacial score (nSPS) is 36.6. The second-order valence-electron chi connectivity index (χ2n) is 3.00. The lowest BCUT2D eigenvalue weighted by Gasteiger charge is -2.36. The third-order valence-electron chi connectivity index (χ3n) is 1.53. The van der Waals surface area contributed by atoms with E-state index in [1.54, 1.807) is 13.8 Å². The van der Waals surface area contributed by atoms with Crippen LogP contribution in [0.5, 0.6) is 0 Å². The zero-order valence-electron chi connectivity index (χ0n) is 6.61. The van der Waals surface area contributed by atoms with Crippen LogP contribution in [0.1, 0.15) is 13.8 Å². The van der Waals surface area contributed by atoms with Crippen molar-refractivity contribution in [3.8, 4) is 0 Å². The van der Waals surface area contributed by atoms with Gasteiger partial charge in [0.05, 0.1) is 6.61 Å². The van der Waals surface area contributed by atoms with Crippen LogP contribution in [0.25, 0.3) is 0 Å². The van der Waals surface area contributed by atoms with Crippen molar-refractivity contribution >= 4 is 6.29 Å². The smallest absolute Gasteiger partial charge is 0.163 e. The highest BCUT2D eigenvalue weighted by atomic mass is 16.7. The Morgan fingerprint density at radius 1 is 1.64 bits per heavy atom. The van der Waals surface area contributed by atoms with Gasteiger partial charge in [-0.1, -0.05) is 0 Å². The minimum absolute atomic E-state index is 0.149. The molecule has 0 aromatic carbocycles. The molecule has 0 saturated carbocycles. The summed E-state index contributed by atoms with van der Waals surface area (Å²) in [5.41, 5.74) is 0. The van der Waals surface area contributed by atoms with Crippen molar-refractivity contribution in [2.45, 2.75) is 31.8 Å². The van der Waals surface area contributed by atoms with Gasteiger partial charge in [-0.3, -0.25) is 0 Å². The van der Waals surface area contributed by atoms with Crippen LogP contribution < -0.4 is 0 Å².